The van der Waals surface area contributed by atoms with E-state index in [2.05, 4.69) is 10.3 Å². The van der Waals surface area contributed by atoms with E-state index in [1.807, 2.05) is 60.0 Å². The van der Waals surface area contributed by atoms with Gasteiger partial charge in [0.25, 0.3) is 0 Å². The largest absolute Gasteiger partial charge is 0.450 e. The molecule has 0 spiro atoms. The highest BCUT2D eigenvalue weighted by atomic mass is 16.5. The second kappa shape index (κ2) is 5.89. The van der Waals surface area contributed by atoms with Crippen LogP contribution in [0.1, 0.15) is 12.5 Å². The molecule has 112 valence electrons. The standard InChI is InChI=1S/C17H17N3O2/c1-3-22-17(21)19-16-14(13-9-5-4-6-10-13)18-15-12(2)8-7-11-20(15)16/h4-11H,3H2,1-2H3,(H,19,21). The number of rotatable bonds is 3. The fourth-order valence-corrected chi connectivity index (χ4v) is 2.38. The maximum absolute atomic E-state index is 11.8. The van der Waals surface area contributed by atoms with Crippen LogP contribution in [0.25, 0.3) is 16.9 Å². The second-order valence-corrected chi connectivity index (χ2v) is 4.91. The van der Waals surface area contributed by atoms with Crippen LogP contribution in [0.2, 0.25) is 0 Å². The number of amides is 1. The van der Waals surface area contributed by atoms with Gasteiger partial charge in [-0.3, -0.25) is 9.72 Å². The highest BCUT2D eigenvalue weighted by molar-refractivity contribution is 5.90. The Morgan fingerprint density at radius 1 is 1.23 bits per heavy atom. The lowest BCUT2D eigenvalue weighted by molar-refractivity contribution is 0.168. The highest BCUT2D eigenvalue weighted by Crippen LogP contribution is 2.29. The molecule has 1 aromatic carbocycles. The Kier molecular flexibility index (Phi) is 3.78. The smallest absolute Gasteiger partial charge is 0.412 e. The molecule has 22 heavy (non-hydrogen) atoms. The van der Waals surface area contributed by atoms with E-state index in [-0.39, 0.29) is 0 Å². The molecule has 2 aromatic heterocycles. The number of pyridine rings is 1. The first kappa shape index (κ1) is 14.1. The fraction of sp³-hybridized carbons (Fsp3) is 0.176. The predicted molar refractivity (Wildman–Crippen MR) is 86.0 cm³/mol. The Morgan fingerprint density at radius 3 is 2.73 bits per heavy atom. The van der Waals surface area contributed by atoms with Crippen LogP contribution in [0.15, 0.2) is 48.7 Å². The van der Waals surface area contributed by atoms with Gasteiger partial charge in [0, 0.05) is 11.8 Å². The number of imidazole rings is 1. The highest BCUT2D eigenvalue weighted by Gasteiger charge is 2.17. The second-order valence-electron chi connectivity index (χ2n) is 4.91. The summed E-state index contributed by atoms with van der Waals surface area (Å²) in [5.41, 5.74) is 3.52. The third-order valence-electron chi connectivity index (χ3n) is 3.39. The molecule has 0 bridgehead atoms. The molecule has 5 heteroatoms. The van der Waals surface area contributed by atoms with E-state index in [9.17, 15) is 4.79 Å². The number of nitrogens with zero attached hydrogens (tertiary/aromatic N) is 2. The molecule has 1 amide bonds. The van der Waals surface area contributed by atoms with E-state index in [0.717, 1.165) is 22.5 Å². The molecular weight excluding hydrogens is 278 g/mol. The van der Waals surface area contributed by atoms with Crippen LogP contribution in [-0.4, -0.2) is 22.1 Å². The number of ether oxygens (including phenoxy) is 1. The molecule has 0 aliphatic heterocycles. The number of hydrogen-bond donors (Lipinski definition) is 1. The molecule has 0 saturated heterocycles. The average molecular weight is 295 g/mol. The Hall–Kier alpha value is -2.82. The number of hydrogen-bond acceptors (Lipinski definition) is 3. The van der Waals surface area contributed by atoms with E-state index in [0.29, 0.717) is 12.4 Å². The first-order valence-electron chi connectivity index (χ1n) is 7.17. The monoisotopic (exact) mass is 295 g/mol. The van der Waals surface area contributed by atoms with Crippen LogP contribution in [-0.2, 0) is 4.74 Å². The van der Waals surface area contributed by atoms with Crippen molar-refractivity contribution in [2.45, 2.75) is 13.8 Å². The molecule has 5 nitrogen and oxygen atoms in total. The van der Waals surface area contributed by atoms with Crippen molar-refractivity contribution in [1.82, 2.24) is 9.38 Å². The van der Waals surface area contributed by atoms with E-state index in [1.54, 1.807) is 6.92 Å². The number of anilines is 1. The number of aryl methyl sites for hydroxylation is 1. The maximum Gasteiger partial charge on any atom is 0.412 e. The van der Waals surface area contributed by atoms with Gasteiger partial charge in [0.05, 0.1) is 6.61 Å². The quantitative estimate of drug-likeness (QED) is 0.797. The lowest BCUT2D eigenvalue weighted by Crippen LogP contribution is -2.15. The lowest BCUT2D eigenvalue weighted by Gasteiger charge is -2.07. The van der Waals surface area contributed by atoms with Gasteiger partial charge in [0.15, 0.2) is 0 Å². The molecule has 0 aliphatic carbocycles. The lowest BCUT2D eigenvalue weighted by atomic mass is 10.1. The van der Waals surface area contributed by atoms with E-state index < -0.39 is 6.09 Å². The van der Waals surface area contributed by atoms with Gasteiger partial charge in [0.1, 0.15) is 17.2 Å². The Bertz CT molecular complexity index is 809. The van der Waals surface area contributed by atoms with Crippen molar-refractivity contribution in [3.63, 3.8) is 0 Å². The number of carbonyl (C=O) groups is 1. The summed E-state index contributed by atoms with van der Waals surface area (Å²) < 4.78 is 6.86. The molecule has 0 fully saturated rings. The third-order valence-corrected chi connectivity index (χ3v) is 3.39. The summed E-state index contributed by atoms with van der Waals surface area (Å²) in [6.07, 6.45) is 1.39. The van der Waals surface area contributed by atoms with Gasteiger partial charge >= 0.3 is 6.09 Å². The van der Waals surface area contributed by atoms with Gasteiger partial charge in [-0.15, -0.1) is 0 Å². The minimum atomic E-state index is -0.483. The van der Waals surface area contributed by atoms with E-state index >= 15 is 0 Å². The van der Waals surface area contributed by atoms with Crippen LogP contribution in [0, 0.1) is 6.92 Å². The molecule has 0 saturated carbocycles. The van der Waals surface area contributed by atoms with Gasteiger partial charge in [-0.1, -0.05) is 36.4 Å². The normalized spacial score (nSPS) is 10.6. The topological polar surface area (TPSA) is 55.6 Å². The minimum absolute atomic E-state index is 0.322. The maximum atomic E-state index is 11.8. The first-order chi connectivity index (χ1) is 10.7. The van der Waals surface area contributed by atoms with Crippen LogP contribution in [0.3, 0.4) is 0 Å². The predicted octanol–water partition coefficient (Wildman–Crippen LogP) is 3.88. The molecule has 2 heterocycles. The number of nitrogens with one attached hydrogen (secondary N) is 1. The Labute approximate surface area is 128 Å². The zero-order valence-corrected chi connectivity index (χ0v) is 12.5. The molecule has 3 rings (SSSR count). The number of aromatic nitrogens is 2. The SMILES string of the molecule is CCOC(=O)Nc1c(-c2ccccc2)nc2c(C)cccn12. The first-order valence-corrected chi connectivity index (χ1v) is 7.17. The zero-order chi connectivity index (χ0) is 15.5. The molecule has 0 radical (unpaired) electrons. The van der Waals surface area contributed by atoms with Gasteiger partial charge in [-0.25, -0.2) is 9.78 Å². The summed E-state index contributed by atoms with van der Waals surface area (Å²) in [4.78, 5) is 16.5. The van der Waals surface area contributed by atoms with Gasteiger partial charge in [-0.05, 0) is 25.5 Å². The molecule has 0 aliphatic rings. The summed E-state index contributed by atoms with van der Waals surface area (Å²) in [5.74, 6) is 0.614. The Morgan fingerprint density at radius 2 is 2.00 bits per heavy atom. The van der Waals surface area contributed by atoms with Crippen LogP contribution < -0.4 is 5.32 Å². The van der Waals surface area contributed by atoms with Crippen molar-refractivity contribution in [1.29, 1.82) is 0 Å². The third kappa shape index (κ3) is 2.53. The van der Waals surface area contributed by atoms with Crippen molar-refractivity contribution in [3.05, 3.63) is 54.2 Å². The molecule has 0 unspecified atom stereocenters. The van der Waals surface area contributed by atoms with E-state index in [4.69, 9.17) is 4.74 Å². The fourth-order valence-electron chi connectivity index (χ4n) is 2.38. The number of carbonyl (C=O) groups excluding carboxylic acids is 1. The van der Waals surface area contributed by atoms with Gasteiger partial charge < -0.3 is 4.74 Å². The Balaban J connectivity index is 2.17. The van der Waals surface area contributed by atoms with Crippen molar-refractivity contribution < 1.29 is 9.53 Å². The summed E-state index contributed by atoms with van der Waals surface area (Å²) in [5, 5.41) is 2.80. The van der Waals surface area contributed by atoms with Crippen molar-refractivity contribution in [2.24, 2.45) is 0 Å². The van der Waals surface area contributed by atoms with Gasteiger partial charge in [0.2, 0.25) is 0 Å². The molecule has 3 aromatic rings. The number of benzene rings is 1. The van der Waals surface area contributed by atoms with E-state index in [1.165, 1.54) is 0 Å². The summed E-state index contributed by atoms with van der Waals surface area (Å²) in [6.45, 7) is 4.09. The average Bonchev–Trinajstić information content (AvgIpc) is 2.89. The summed E-state index contributed by atoms with van der Waals surface area (Å²) in [6, 6.07) is 13.7. The van der Waals surface area contributed by atoms with Crippen LogP contribution >= 0.6 is 0 Å². The zero-order valence-electron chi connectivity index (χ0n) is 12.5. The molecular formula is C17H17N3O2. The summed E-state index contributed by atoms with van der Waals surface area (Å²) in [7, 11) is 0. The minimum Gasteiger partial charge on any atom is -0.450 e. The van der Waals surface area contributed by atoms with Gasteiger partial charge in [-0.2, -0.15) is 0 Å². The summed E-state index contributed by atoms with van der Waals surface area (Å²) >= 11 is 0. The van der Waals surface area contributed by atoms with Crippen molar-refractivity contribution >= 4 is 17.6 Å². The van der Waals surface area contributed by atoms with Crippen LogP contribution in [0.4, 0.5) is 10.6 Å². The van der Waals surface area contributed by atoms with Crippen molar-refractivity contribution in [3.8, 4) is 11.3 Å². The molecule has 0 atom stereocenters. The number of fused-ring (bicyclic) bond motifs is 1. The molecule has 1 N–H and O–H groups in total. The van der Waals surface area contributed by atoms with Crippen LogP contribution in [0.5, 0.6) is 0 Å². The van der Waals surface area contributed by atoms with Crippen molar-refractivity contribution in [2.75, 3.05) is 11.9 Å².